The van der Waals surface area contributed by atoms with Crippen molar-refractivity contribution in [1.29, 1.82) is 0 Å². The number of ether oxygens (including phenoxy) is 2. The average molecular weight is 504 g/mol. The third-order valence-electron chi connectivity index (χ3n) is 4.86. The number of aliphatic imine (C=N–C) groups is 1. The molecule has 6 nitrogen and oxygen atoms in total. The molecule has 7 heteroatoms. The molecule has 0 unspecified atom stereocenters. The first-order chi connectivity index (χ1) is 13.2. The number of guanidine groups is 1. The van der Waals surface area contributed by atoms with Crippen LogP contribution in [0.1, 0.15) is 36.8 Å². The van der Waals surface area contributed by atoms with Crippen molar-refractivity contribution in [3.63, 3.8) is 0 Å². The number of benzene rings is 1. The summed E-state index contributed by atoms with van der Waals surface area (Å²) < 4.78 is 10.9. The monoisotopic (exact) mass is 504 g/mol. The zero-order chi connectivity index (χ0) is 19.3. The summed E-state index contributed by atoms with van der Waals surface area (Å²) in [7, 11) is 3.50. The summed E-state index contributed by atoms with van der Waals surface area (Å²) in [6.45, 7) is 8.30. The van der Waals surface area contributed by atoms with E-state index < -0.39 is 0 Å². The summed E-state index contributed by atoms with van der Waals surface area (Å²) in [6.07, 6.45) is 5.40. The Bertz CT molecular complexity index is 576. The highest BCUT2D eigenvalue weighted by atomic mass is 127. The minimum Gasteiger partial charge on any atom is -0.491 e. The molecule has 2 rings (SSSR count). The first-order valence-electron chi connectivity index (χ1n) is 10.1. The molecule has 0 aliphatic carbocycles. The van der Waals surface area contributed by atoms with E-state index in [4.69, 9.17) is 9.47 Å². The number of rotatable bonds is 9. The summed E-state index contributed by atoms with van der Waals surface area (Å²) in [5.74, 6) is 1.73. The van der Waals surface area contributed by atoms with Gasteiger partial charge in [-0.05, 0) is 44.5 Å². The largest absolute Gasteiger partial charge is 0.491 e. The SMILES string of the molecule is CN=C(NCCN1CCCCCC1)NCc1ccc(C)cc1OCCOC.I. The Morgan fingerprint density at radius 2 is 1.86 bits per heavy atom. The zero-order valence-electron chi connectivity index (χ0n) is 17.6. The molecule has 0 saturated carbocycles. The van der Waals surface area contributed by atoms with Crippen LogP contribution >= 0.6 is 24.0 Å². The van der Waals surface area contributed by atoms with Gasteiger partial charge >= 0.3 is 0 Å². The van der Waals surface area contributed by atoms with Gasteiger partial charge in [-0.15, -0.1) is 24.0 Å². The van der Waals surface area contributed by atoms with Gasteiger partial charge < -0.3 is 25.0 Å². The summed E-state index contributed by atoms with van der Waals surface area (Å²) in [5, 5.41) is 6.82. The zero-order valence-corrected chi connectivity index (χ0v) is 20.0. The summed E-state index contributed by atoms with van der Waals surface area (Å²) in [6, 6.07) is 6.28. The predicted molar refractivity (Wildman–Crippen MR) is 127 cm³/mol. The Morgan fingerprint density at radius 1 is 1.11 bits per heavy atom. The van der Waals surface area contributed by atoms with Crippen LogP contribution < -0.4 is 15.4 Å². The number of halogens is 1. The van der Waals surface area contributed by atoms with Gasteiger partial charge in [-0.25, -0.2) is 0 Å². The fourth-order valence-electron chi connectivity index (χ4n) is 3.27. The third-order valence-corrected chi connectivity index (χ3v) is 4.86. The Hall–Kier alpha value is -1.06. The molecule has 1 heterocycles. The summed E-state index contributed by atoms with van der Waals surface area (Å²) in [5.41, 5.74) is 2.30. The highest BCUT2D eigenvalue weighted by Crippen LogP contribution is 2.20. The Kier molecular flexibility index (Phi) is 13.3. The Balaban J connectivity index is 0.00000392. The standard InChI is InChI=1S/C21H36N4O2.HI/c1-18-8-9-19(20(16-18)27-15-14-26-3)17-24-21(22-2)23-10-13-25-11-6-4-5-7-12-25;/h8-9,16H,4-7,10-15,17H2,1-3H3,(H2,22,23,24);1H. The van der Waals surface area contributed by atoms with Gasteiger partial charge in [0.05, 0.1) is 6.61 Å². The van der Waals surface area contributed by atoms with E-state index in [2.05, 4.69) is 45.6 Å². The first kappa shape index (κ1) is 25.0. The second kappa shape index (κ2) is 14.9. The molecule has 28 heavy (non-hydrogen) atoms. The first-order valence-corrected chi connectivity index (χ1v) is 10.1. The van der Waals surface area contributed by atoms with Crippen molar-refractivity contribution in [2.45, 2.75) is 39.2 Å². The maximum Gasteiger partial charge on any atom is 0.191 e. The van der Waals surface area contributed by atoms with Crippen LogP contribution in [-0.4, -0.2) is 64.4 Å². The molecule has 0 aromatic heterocycles. The van der Waals surface area contributed by atoms with Crippen molar-refractivity contribution in [2.24, 2.45) is 4.99 Å². The minimum atomic E-state index is 0. The van der Waals surface area contributed by atoms with E-state index in [9.17, 15) is 0 Å². The van der Waals surface area contributed by atoms with Crippen molar-refractivity contribution in [3.8, 4) is 5.75 Å². The Labute approximate surface area is 187 Å². The maximum absolute atomic E-state index is 5.86. The van der Waals surface area contributed by atoms with Crippen molar-refractivity contribution >= 4 is 29.9 Å². The van der Waals surface area contributed by atoms with Gasteiger partial charge in [0.25, 0.3) is 0 Å². The van der Waals surface area contributed by atoms with Crippen LogP contribution in [0.15, 0.2) is 23.2 Å². The lowest BCUT2D eigenvalue weighted by molar-refractivity contribution is 0.145. The van der Waals surface area contributed by atoms with Gasteiger partial charge in [0.2, 0.25) is 0 Å². The fraction of sp³-hybridized carbons (Fsp3) is 0.667. The van der Waals surface area contributed by atoms with Crippen molar-refractivity contribution in [2.75, 3.05) is 53.6 Å². The van der Waals surface area contributed by atoms with Crippen LogP contribution in [0.25, 0.3) is 0 Å². The lowest BCUT2D eigenvalue weighted by atomic mass is 10.1. The molecule has 1 aliphatic heterocycles. The van der Waals surface area contributed by atoms with Gasteiger partial charge in [0, 0.05) is 39.4 Å². The number of hydrogen-bond acceptors (Lipinski definition) is 4. The van der Waals surface area contributed by atoms with Gasteiger partial charge in [-0.1, -0.05) is 25.0 Å². The number of methoxy groups -OCH3 is 1. The number of aryl methyl sites for hydroxylation is 1. The number of hydrogen-bond donors (Lipinski definition) is 2. The lowest BCUT2D eigenvalue weighted by Crippen LogP contribution is -2.41. The normalized spacial score (nSPS) is 15.5. The molecule has 1 fully saturated rings. The summed E-state index contributed by atoms with van der Waals surface area (Å²) in [4.78, 5) is 6.89. The van der Waals surface area contributed by atoms with E-state index >= 15 is 0 Å². The maximum atomic E-state index is 5.86. The van der Waals surface area contributed by atoms with Gasteiger partial charge in [-0.3, -0.25) is 4.99 Å². The number of likely N-dealkylation sites (tertiary alicyclic amines) is 1. The second-order valence-electron chi connectivity index (χ2n) is 7.06. The van der Waals surface area contributed by atoms with E-state index in [1.165, 1.54) is 44.3 Å². The van der Waals surface area contributed by atoms with Gasteiger partial charge in [-0.2, -0.15) is 0 Å². The molecule has 0 amide bonds. The van der Waals surface area contributed by atoms with Crippen LogP contribution in [0.3, 0.4) is 0 Å². The van der Waals surface area contributed by atoms with Gasteiger partial charge in [0.1, 0.15) is 12.4 Å². The molecular weight excluding hydrogens is 467 g/mol. The molecular formula is C21H37IN4O2. The average Bonchev–Trinajstić information content (AvgIpc) is 2.95. The van der Waals surface area contributed by atoms with E-state index in [0.717, 1.165) is 30.4 Å². The third kappa shape index (κ3) is 9.43. The van der Waals surface area contributed by atoms with Gasteiger partial charge in [0.15, 0.2) is 5.96 Å². The van der Waals surface area contributed by atoms with Crippen molar-refractivity contribution < 1.29 is 9.47 Å². The van der Waals surface area contributed by atoms with Crippen molar-refractivity contribution in [3.05, 3.63) is 29.3 Å². The van der Waals surface area contributed by atoms with Crippen LogP contribution in [-0.2, 0) is 11.3 Å². The highest BCUT2D eigenvalue weighted by Gasteiger charge is 2.09. The molecule has 1 saturated heterocycles. The Morgan fingerprint density at radius 3 is 2.54 bits per heavy atom. The van der Waals surface area contributed by atoms with Crippen LogP contribution in [0.2, 0.25) is 0 Å². The highest BCUT2D eigenvalue weighted by molar-refractivity contribution is 14.0. The second-order valence-corrected chi connectivity index (χ2v) is 7.06. The quantitative estimate of drug-likeness (QED) is 0.234. The van der Waals surface area contributed by atoms with E-state index in [1.807, 2.05) is 7.05 Å². The molecule has 0 radical (unpaired) electrons. The van der Waals surface area contributed by atoms with Crippen LogP contribution in [0.5, 0.6) is 5.75 Å². The molecule has 160 valence electrons. The molecule has 1 aromatic rings. The summed E-state index contributed by atoms with van der Waals surface area (Å²) >= 11 is 0. The van der Waals surface area contributed by atoms with Crippen LogP contribution in [0.4, 0.5) is 0 Å². The predicted octanol–water partition coefficient (Wildman–Crippen LogP) is 3.18. The number of nitrogens with one attached hydrogen (secondary N) is 2. The van der Waals surface area contributed by atoms with Crippen molar-refractivity contribution in [1.82, 2.24) is 15.5 Å². The van der Waals surface area contributed by atoms with E-state index in [1.54, 1.807) is 7.11 Å². The molecule has 2 N–H and O–H groups in total. The lowest BCUT2D eigenvalue weighted by Gasteiger charge is -2.21. The smallest absolute Gasteiger partial charge is 0.191 e. The molecule has 0 atom stereocenters. The van der Waals surface area contributed by atoms with Crippen LogP contribution in [0, 0.1) is 6.92 Å². The topological polar surface area (TPSA) is 58.1 Å². The van der Waals surface area contributed by atoms with E-state index in [-0.39, 0.29) is 24.0 Å². The fourth-order valence-corrected chi connectivity index (χ4v) is 3.27. The molecule has 0 bridgehead atoms. The number of nitrogens with zero attached hydrogens (tertiary/aromatic N) is 2. The van der Waals surface area contributed by atoms with E-state index in [0.29, 0.717) is 19.8 Å². The minimum absolute atomic E-state index is 0. The molecule has 0 spiro atoms. The molecule has 1 aliphatic rings. The molecule has 1 aromatic carbocycles.